The molecule has 14 heavy (non-hydrogen) atoms. The fourth-order valence-electron chi connectivity index (χ4n) is 1.63. The average Bonchev–Trinajstić information content (AvgIpc) is 2.12. The van der Waals surface area contributed by atoms with E-state index in [0.29, 0.717) is 6.61 Å². The van der Waals surface area contributed by atoms with Crippen LogP contribution in [0.1, 0.15) is 40.0 Å². The number of hydrogen-bond acceptors (Lipinski definition) is 3. The molecule has 0 aromatic heterocycles. The predicted octanol–water partition coefficient (Wildman–Crippen LogP) is 1.75. The van der Waals surface area contributed by atoms with Gasteiger partial charge in [-0.05, 0) is 19.8 Å². The second-order valence-corrected chi connectivity index (χ2v) is 4.21. The minimum absolute atomic E-state index is 0.00324. The minimum atomic E-state index is -0.665. The quantitative estimate of drug-likeness (QED) is 0.682. The molecule has 0 rings (SSSR count). The van der Waals surface area contributed by atoms with Crippen LogP contribution in [0.4, 0.5) is 0 Å². The summed E-state index contributed by atoms with van der Waals surface area (Å²) in [5.74, 6) is 0.146. The van der Waals surface area contributed by atoms with Crippen molar-refractivity contribution >= 4 is 5.78 Å². The van der Waals surface area contributed by atoms with Crippen molar-refractivity contribution in [2.24, 2.45) is 11.7 Å². The Labute approximate surface area is 87.0 Å². The number of Topliss-reactive ketones (excluding diaryl/α,β-unsaturated/α-hetero) is 1. The molecular formula is C11H23NO2. The number of rotatable bonds is 7. The molecule has 3 nitrogen and oxygen atoms in total. The fourth-order valence-corrected chi connectivity index (χ4v) is 1.63. The molecule has 0 heterocycles. The number of hydrogen-bond donors (Lipinski definition) is 1. The topological polar surface area (TPSA) is 52.3 Å². The fraction of sp³-hybridized carbons (Fsp3) is 0.909. The lowest BCUT2D eigenvalue weighted by atomic mass is 9.84. The molecule has 0 aliphatic carbocycles. The van der Waals surface area contributed by atoms with Crippen molar-refractivity contribution in [2.45, 2.75) is 45.6 Å². The Kier molecular flexibility index (Phi) is 5.96. The van der Waals surface area contributed by atoms with Gasteiger partial charge >= 0.3 is 0 Å². The summed E-state index contributed by atoms with van der Waals surface area (Å²) in [6.07, 6.45) is 2.45. The van der Waals surface area contributed by atoms with Crippen molar-refractivity contribution in [3.05, 3.63) is 0 Å². The Morgan fingerprint density at radius 2 is 2.14 bits per heavy atom. The molecule has 0 bridgehead atoms. The third kappa shape index (κ3) is 4.20. The Balaban J connectivity index is 4.15. The van der Waals surface area contributed by atoms with E-state index in [2.05, 4.69) is 0 Å². The van der Waals surface area contributed by atoms with Crippen LogP contribution in [-0.2, 0) is 9.53 Å². The number of ketones is 1. The summed E-state index contributed by atoms with van der Waals surface area (Å²) >= 11 is 0. The van der Waals surface area contributed by atoms with Gasteiger partial charge in [-0.15, -0.1) is 0 Å². The summed E-state index contributed by atoms with van der Waals surface area (Å²) in [7, 11) is 1.64. The van der Waals surface area contributed by atoms with Crippen molar-refractivity contribution < 1.29 is 9.53 Å². The van der Waals surface area contributed by atoms with Crippen LogP contribution in [0.5, 0.6) is 0 Å². The molecule has 0 aliphatic heterocycles. The van der Waals surface area contributed by atoms with E-state index in [1.165, 1.54) is 0 Å². The van der Waals surface area contributed by atoms with Crippen LogP contribution in [0.25, 0.3) is 0 Å². The van der Waals surface area contributed by atoms with Gasteiger partial charge in [0.15, 0.2) is 5.78 Å². The van der Waals surface area contributed by atoms with Gasteiger partial charge in [-0.25, -0.2) is 0 Å². The Morgan fingerprint density at radius 1 is 1.57 bits per heavy atom. The second kappa shape index (κ2) is 6.14. The SMILES string of the molecule is CCCC(C)(N)C(=O)C(C)CCOC. The maximum atomic E-state index is 11.9. The minimum Gasteiger partial charge on any atom is -0.385 e. The van der Waals surface area contributed by atoms with E-state index >= 15 is 0 Å². The first kappa shape index (κ1) is 13.6. The summed E-state index contributed by atoms with van der Waals surface area (Å²) in [5, 5.41) is 0. The number of nitrogens with two attached hydrogens (primary N) is 1. The van der Waals surface area contributed by atoms with Crippen molar-refractivity contribution in [2.75, 3.05) is 13.7 Å². The van der Waals surface area contributed by atoms with Gasteiger partial charge in [0.05, 0.1) is 5.54 Å². The molecular weight excluding hydrogens is 178 g/mol. The van der Waals surface area contributed by atoms with E-state index < -0.39 is 5.54 Å². The average molecular weight is 201 g/mol. The van der Waals surface area contributed by atoms with E-state index in [1.807, 2.05) is 20.8 Å². The zero-order valence-electron chi connectivity index (χ0n) is 9.80. The third-order valence-corrected chi connectivity index (χ3v) is 2.53. The molecule has 0 aliphatic rings. The van der Waals surface area contributed by atoms with Crippen LogP contribution < -0.4 is 5.73 Å². The molecule has 3 heteroatoms. The molecule has 2 unspecified atom stereocenters. The van der Waals surface area contributed by atoms with E-state index in [9.17, 15) is 4.79 Å². The zero-order chi connectivity index (χ0) is 11.2. The number of carbonyl (C=O) groups excluding carboxylic acids is 1. The van der Waals surface area contributed by atoms with Gasteiger partial charge in [0, 0.05) is 19.6 Å². The first-order valence-corrected chi connectivity index (χ1v) is 5.27. The first-order valence-electron chi connectivity index (χ1n) is 5.27. The summed E-state index contributed by atoms with van der Waals surface area (Å²) in [4.78, 5) is 11.9. The van der Waals surface area contributed by atoms with Crippen molar-refractivity contribution in [3.63, 3.8) is 0 Å². The molecule has 0 amide bonds. The molecule has 0 fully saturated rings. The lowest BCUT2D eigenvalue weighted by Gasteiger charge is -2.25. The lowest BCUT2D eigenvalue weighted by Crippen LogP contribution is -2.47. The molecule has 0 saturated heterocycles. The maximum absolute atomic E-state index is 11.9. The van der Waals surface area contributed by atoms with Gasteiger partial charge in [0.2, 0.25) is 0 Å². The Bertz CT molecular complexity index is 178. The molecule has 0 saturated carbocycles. The Morgan fingerprint density at radius 3 is 2.57 bits per heavy atom. The standard InChI is InChI=1S/C11H23NO2/c1-5-7-11(3,12)10(13)9(2)6-8-14-4/h9H,5-8,12H2,1-4H3. The van der Waals surface area contributed by atoms with Gasteiger partial charge in [-0.2, -0.15) is 0 Å². The highest BCUT2D eigenvalue weighted by molar-refractivity contribution is 5.89. The van der Waals surface area contributed by atoms with Crippen LogP contribution in [0, 0.1) is 5.92 Å². The van der Waals surface area contributed by atoms with Gasteiger partial charge in [0.1, 0.15) is 0 Å². The monoisotopic (exact) mass is 201 g/mol. The third-order valence-electron chi connectivity index (χ3n) is 2.53. The molecule has 2 atom stereocenters. The van der Waals surface area contributed by atoms with Crippen LogP contribution in [0.2, 0.25) is 0 Å². The van der Waals surface area contributed by atoms with Crippen LogP contribution in [-0.4, -0.2) is 25.0 Å². The van der Waals surface area contributed by atoms with Gasteiger partial charge in [-0.1, -0.05) is 20.3 Å². The highest BCUT2D eigenvalue weighted by atomic mass is 16.5. The highest BCUT2D eigenvalue weighted by Crippen LogP contribution is 2.17. The predicted molar refractivity (Wildman–Crippen MR) is 58.2 cm³/mol. The summed E-state index contributed by atoms with van der Waals surface area (Å²) in [5.41, 5.74) is 5.29. The molecule has 0 radical (unpaired) electrons. The summed E-state index contributed by atoms with van der Waals surface area (Å²) < 4.78 is 4.94. The number of methoxy groups -OCH3 is 1. The van der Waals surface area contributed by atoms with Crippen LogP contribution in [0.3, 0.4) is 0 Å². The van der Waals surface area contributed by atoms with Gasteiger partial charge in [-0.3, -0.25) is 4.79 Å². The molecule has 0 aromatic carbocycles. The lowest BCUT2D eigenvalue weighted by molar-refractivity contribution is -0.127. The van der Waals surface area contributed by atoms with Crippen LogP contribution in [0.15, 0.2) is 0 Å². The van der Waals surface area contributed by atoms with Gasteiger partial charge in [0.25, 0.3) is 0 Å². The van der Waals surface area contributed by atoms with E-state index in [4.69, 9.17) is 10.5 Å². The smallest absolute Gasteiger partial charge is 0.155 e. The first-order chi connectivity index (χ1) is 6.45. The van der Waals surface area contributed by atoms with Crippen molar-refractivity contribution in [3.8, 4) is 0 Å². The van der Waals surface area contributed by atoms with E-state index in [-0.39, 0.29) is 11.7 Å². The van der Waals surface area contributed by atoms with Crippen molar-refractivity contribution in [1.82, 2.24) is 0 Å². The molecule has 84 valence electrons. The zero-order valence-corrected chi connectivity index (χ0v) is 9.80. The van der Waals surface area contributed by atoms with E-state index in [0.717, 1.165) is 19.3 Å². The molecule has 0 aromatic rings. The van der Waals surface area contributed by atoms with Gasteiger partial charge < -0.3 is 10.5 Å². The summed E-state index contributed by atoms with van der Waals surface area (Å²) in [6, 6.07) is 0. The summed E-state index contributed by atoms with van der Waals surface area (Å²) in [6.45, 7) is 6.40. The van der Waals surface area contributed by atoms with E-state index in [1.54, 1.807) is 7.11 Å². The largest absolute Gasteiger partial charge is 0.385 e. The number of ether oxygens (including phenoxy) is 1. The Hall–Kier alpha value is -0.410. The number of carbonyl (C=O) groups is 1. The molecule has 0 spiro atoms. The maximum Gasteiger partial charge on any atom is 0.155 e. The molecule has 2 N–H and O–H groups in total. The normalized spacial score (nSPS) is 17.5. The van der Waals surface area contributed by atoms with Crippen molar-refractivity contribution in [1.29, 1.82) is 0 Å². The second-order valence-electron chi connectivity index (χ2n) is 4.21. The highest BCUT2D eigenvalue weighted by Gasteiger charge is 2.30. The van der Waals surface area contributed by atoms with Crippen LogP contribution >= 0.6 is 0 Å².